The van der Waals surface area contributed by atoms with Crippen LogP contribution in [-0.4, -0.2) is 23.3 Å². The molecule has 0 saturated carbocycles. The Morgan fingerprint density at radius 3 is 2.59 bits per heavy atom. The van der Waals surface area contributed by atoms with Gasteiger partial charge >= 0.3 is 6.61 Å². The van der Waals surface area contributed by atoms with Crippen molar-refractivity contribution in [3.63, 3.8) is 0 Å². The number of ether oxygens (including phenoxy) is 2. The van der Waals surface area contributed by atoms with Gasteiger partial charge in [-0.1, -0.05) is 43.8 Å². The highest BCUT2D eigenvalue weighted by Crippen LogP contribution is 2.32. The maximum atomic E-state index is 12.9. The predicted molar refractivity (Wildman–Crippen MR) is 110 cm³/mol. The molecule has 2 aromatic carbocycles. The number of hydrogen-bond donors (Lipinski definition) is 0. The molecule has 0 unspecified atom stereocenters. The Kier molecular flexibility index (Phi) is 6.74. The smallest absolute Gasteiger partial charge is 0.387 e. The van der Waals surface area contributed by atoms with E-state index in [9.17, 15) is 13.6 Å². The normalized spacial score (nSPS) is 11.4. The summed E-state index contributed by atoms with van der Waals surface area (Å²) in [6.45, 7) is 1.73. The van der Waals surface area contributed by atoms with Crippen LogP contribution in [0.15, 0.2) is 52.4 Å². The van der Waals surface area contributed by atoms with E-state index in [-0.39, 0.29) is 23.0 Å². The molecule has 29 heavy (non-hydrogen) atoms. The van der Waals surface area contributed by atoms with Crippen LogP contribution in [0.25, 0.3) is 10.9 Å². The maximum Gasteiger partial charge on any atom is 0.387 e. The minimum Gasteiger partial charge on any atom is -0.493 e. The monoisotopic (exact) mass is 420 g/mol. The van der Waals surface area contributed by atoms with Crippen LogP contribution in [0.1, 0.15) is 19.4 Å². The molecule has 3 rings (SSSR count). The van der Waals surface area contributed by atoms with Gasteiger partial charge in [0.15, 0.2) is 16.7 Å². The molecular formula is C21H22F2N2O3S. The molecule has 0 saturated heterocycles. The lowest BCUT2D eigenvalue weighted by Gasteiger charge is -2.15. The number of hydrogen-bond acceptors (Lipinski definition) is 5. The molecule has 5 nitrogen and oxygen atoms in total. The molecule has 0 spiro atoms. The van der Waals surface area contributed by atoms with Crippen molar-refractivity contribution in [1.82, 2.24) is 9.55 Å². The summed E-state index contributed by atoms with van der Waals surface area (Å²) in [6.07, 6.45) is 0. The number of halogens is 2. The lowest BCUT2D eigenvalue weighted by Crippen LogP contribution is -2.25. The Morgan fingerprint density at radius 1 is 1.14 bits per heavy atom. The number of para-hydroxylation sites is 1. The fourth-order valence-electron chi connectivity index (χ4n) is 2.93. The first-order valence-electron chi connectivity index (χ1n) is 9.13. The summed E-state index contributed by atoms with van der Waals surface area (Å²) >= 11 is 1.42. The average Bonchev–Trinajstić information content (AvgIpc) is 2.69. The zero-order chi connectivity index (χ0) is 21.0. The highest BCUT2D eigenvalue weighted by atomic mass is 32.2. The number of thioether (sulfide) groups is 1. The average molecular weight is 420 g/mol. The number of rotatable bonds is 8. The van der Waals surface area contributed by atoms with Gasteiger partial charge in [-0.15, -0.1) is 0 Å². The van der Waals surface area contributed by atoms with Crippen molar-refractivity contribution in [1.29, 1.82) is 0 Å². The van der Waals surface area contributed by atoms with Gasteiger partial charge in [0.2, 0.25) is 0 Å². The topological polar surface area (TPSA) is 53.3 Å². The summed E-state index contributed by atoms with van der Waals surface area (Å²) in [6, 6.07) is 12.1. The van der Waals surface area contributed by atoms with Gasteiger partial charge in [0.1, 0.15) is 0 Å². The van der Waals surface area contributed by atoms with Gasteiger partial charge < -0.3 is 9.47 Å². The Hall–Kier alpha value is -2.61. The number of benzene rings is 2. The van der Waals surface area contributed by atoms with E-state index >= 15 is 0 Å². The van der Waals surface area contributed by atoms with Gasteiger partial charge in [-0.25, -0.2) is 4.98 Å². The second kappa shape index (κ2) is 9.26. The number of alkyl halides is 2. The molecule has 0 N–H and O–H groups in total. The summed E-state index contributed by atoms with van der Waals surface area (Å²) in [5.74, 6) is 0.987. The van der Waals surface area contributed by atoms with Crippen molar-refractivity contribution in [2.45, 2.75) is 37.9 Å². The minimum absolute atomic E-state index is 0.0169. The van der Waals surface area contributed by atoms with Crippen LogP contribution < -0.4 is 15.0 Å². The molecule has 0 bridgehead atoms. The fraction of sp³-hybridized carbons (Fsp3) is 0.333. The van der Waals surface area contributed by atoms with Gasteiger partial charge in [0.05, 0.1) is 18.0 Å². The van der Waals surface area contributed by atoms with Gasteiger partial charge in [-0.05, 0) is 35.7 Å². The van der Waals surface area contributed by atoms with Gasteiger partial charge in [-0.3, -0.25) is 9.36 Å². The predicted octanol–water partition coefficient (Wildman–Crippen LogP) is 4.95. The van der Waals surface area contributed by atoms with Crippen molar-refractivity contribution in [3.05, 3.63) is 58.4 Å². The van der Waals surface area contributed by atoms with Gasteiger partial charge in [0.25, 0.3) is 5.56 Å². The van der Waals surface area contributed by atoms with E-state index in [1.807, 2.05) is 32.0 Å². The Balaban J connectivity index is 1.91. The molecule has 1 aromatic heterocycles. The molecule has 0 aliphatic heterocycles. The van der Waals surface area contributed by atoms with E-state index in [4.69, 9.17) is 4.74 Å². The molecule has 0 atom stereocenters. The van der Waals surface area contributed by atoms with Gasteiger partial charge in [0, 0.05) is 12.3 Å². The van der Waals surface area contributed by atoms with Crippen LogP contribution >= 0.6 is 11.8 Å². The molecule has 0 fully saturated rings. The SMILES string of the molecule is COc1cc(CSc2nc3ccccc3c(=O)n2CC(C)C)ccc1OC(F)F. The molecule has 8 heteroatoms. The molecule has 0 aliphatic carbocycles. The molecule has 0 aliphatic rings. The van der Waals surface area contributed by atoms with Crippen LogP contribution in [0, 0.1) is 5.92 Å². The Bertz CT molecular complexity index is 1050. The molecule has 0 radical (unpaired) electrons. The van der Waals surface area contributed by atoms with Crippen LogP contribution in [0.3, 0.4) is 0 Å². The third kappa shape index (κ3) is 5.06. The van der Waals surface area contributed by atoms with Crippen LogP contribution in [-0.2, 0) is 12.3 Å². The quantitative estimate of drug-likeness (QED) is 0.381. The molecule has 1 heterocycles. The van der Waals surface area contributed by atoms with E-state index in [2.05, 4.69) is 9.72 Å². The minimum atomic E-state index is -2.92. The lowest BCUT2D eigenvalue weighted by atomic mass is 10.2. The first-order valence-corrected chi connectivity index (χ1v) is 10.1. The van der Waals surface area contributed by atoms with Crippen molar-refractivity contribution in [2.24, 2.45) is 5.92 Å². The zero-order valence-electron chi connectivity index (χ0n) is 16.4. The summed E-state index contributed by atoms with van der Waals surface area (Å²) < 4.78 is 36.3. The van der Waals surface area contributed by atoms with Crippen molar-refractivity contribution in [3.8, 4) is 11.5 Å². The highest BCUT2D eigenvalue weighted by molar-refractivity contribution is 7.98. The van der Waals surface area contributed by atoms with E-state index in [0.717, 1.165) is 5.56 Å². The van der Waals surface area contributed by atoms with E-state index in [1.54, 1.807) is 22.8 Å². The summed E-state index contributed by atoms with van der Waals surface area (Å²) in [7, 11) is 1.40. The van der Waals surface area contributed by atoms with Crippen LogP contribution in [0.4, 0.5) is 8.78 Å². The molecule has 3 aromatic rings. The largest absolute Gasteiger partial charge is 0.493 e. The van der Waals surface area contributed by atoms with E-state index in [0.29, 0.717) is 28.4 Å². The third-order valence-electron chi connectivity index (χ3n) is 4.19. The highest BCUT2D eigenvalue weighted by Gasteiger charge is 2.14. The lowest BCUT2D eigenvalue weighted by molar-refractivity contribution is -0.0512. The van der Waals surface area contributed by atoms with Crippen LogP contribution in [0.5, 0.6) is 11.5 Å². The first-order chi connectivity index (χ1) is 13.9. The molecule has 0 amide bonds. The van der Waals surface area contributed by atoms with Gasteiger partial charge in [-0.2, -0.15) is 8.78 Å². The standard InChI is InChI=1S/C21H22F2N2O3S/c1-13(2)11-25-19(26)15-6-4-5-7-16(15)24-21(25)29-12-14-8-9-17(28-20(22)23)18(10-14)27-3/h4-10,13,20H,11-12H2,1-3H3. The fourth-order valence-corrected chi connectivity index (χ4v) is 3.88. The molecular weight excluding hydrogens is 398 g/mol. The van der Waals surface area contributed by atoms with E-state index in [1.165, 1.54) is 24.9 Å². The zero-order valence-corrected chi connectivity index (χ0v) is 17.2. The number of nitrogens with zero attached hydrogens (tertiary/aromatic N) is 2. The van der Waals surface area contributed by atoms with E-state index < -0.39 is 6.61 Å². The number of fused-ring (bicyclic) bond motifs is 1. The second-order valence-corrected chi connectivity index (χ2v) is 7.82. The van der Waals surface area contributed by atoms with Crippen molar-refractivity contribution < 1.29 is 18.3 Å². The first kappa shape index (κ1) is 21.1. The van der Waals surface area contributed by atoms with Crippen LogP contribution in [0.2, 0.25) is 0 Å². The number of aromatic nitrogens is 2. The maximum absolute atomic E-state index is 12.9. The third-order valence-corrected chi connectivity index (χ3v) is 5.23. The van der Waals surface area contributed by atoms with Crippen molar-refractivity contribution in [2.75, 3.05) is 7.11 Å². The number of methoxy groups -OCH3 is 1. The molecule has 154 valence electrons. The summed E-state index contributed by atoms with van der Waals surface area (Å²) in [4.78, 5) is 17.6. The summed E-state index contributed by atoms with van der Waals surface area (Å²) in [5.41, 5.74) is 1.43. The summed E-state index contributed by atoms with van der Waals surface area (Å²) in [5, 5.41) is 1.21. The Labute approximate surface area is 171 Å². The second-order valence-electron chi connectivity index (χ2n) is 6.87. The Morgan fingerprint density at radius 2 is 1.90 bits per heavy atom. The van der Waals surface area contributed by atoms with Crippen molar-refractivity contribution >= 4 is 22.7 Å².